The van der Waals surface area contributed by atoms with E-state index in [1.807, 2.05) is 12.1 Å². The van der Waals surface area contributed by atoms with E-state index in [1.54, 1.807) is 37.3 Å². The van der Waals surface area contributed by atoms with E-state index in [9.17, 15) is 4.79 Å². The zero-order valence-corrected chi connectivity index (χ0v) is 17.4. The number of amides is 1. The molecule has 1 amide bonds. The first kappa shape index (κ1) is 20.0. The van der Waals surface area contributed by atoms with E-state index in [2.05, 4.69) is 41.7 Å². The Morgan fingerprint density at radius 3 is 2.40 bits per heavy atom. The summed E-state index contributed by atoms with van der Waals surface area (Å²) in [7, 11) is 3.16. The zero-order chi connectivity index (χ0) is 20.9. The summed E-state index contributed by atoms with van der Waals surface area (Å²) in [5.74, 6) is 1.06. The predicted octanol–water partition coefficient (Wildman–Crippen LogP) is 3.10. The number of anilines is 1. The van der Waals surface area contributed by atoms with E-state index in [-0.39, 0.29) is 5.91 Å². The van der Waals surface area contributed by atoms with Gasteiger partial charge in [0.15, 0.2) is 11.5 Å². The Morgan fingerprint density at radius 2 is 1.67 bits per heavy atom. The van der Waals surface area contributed by atoms with Crippen LogP contribution < -0.4 is 19.7 Å². The summed E-state index contributed by atoms with van der Waals surface area (Å²) in [6, 6.07) is 21.9. The predicted molar refractivity (Wildman–Crippen MR) is 117 cm³/mol. The second-order valence-corrected chi connectivity index (χ2v) is 7.59. The number of nitrogens with one attached hydrogen (secondary N) is 2. The molecule has 0 aliphatic carbocycles. The van der Waals surface area contributed by atoms with Crippen molar-refractivity contribution in [3.8, 4) is 11.5 Å². The number of quaternary nitrogens is 1. The lowest BCUT2D eigenvalue weighted by atomic mass is 9.99. The Kier molecular flexibility index (Phi) is 6.00. The maximum Gasteiger partial charge on any atom is 0.255 e. The Morgan fingerprint density at radius 1 is 0.933 bits per heavy atom. The van der Waals surface area contributed by atoms with Crippen molar-refractivity contribution < 1.29 is 19.2 Å². The molecule has 5 heteroatoms. The van der Waals surface area contributed by atoms with Crippen molar-refractivity contribution in [3.63, 3.8) is 0 Å². The fourth-order valence-corrected chi connectivity index (χ4v) is 3.97. The fraction of sp³-hybridized carbons (Fsp3) is 0.240. The van der Waals surface area contributed by atoms with Crippen LogP contribution in [0.15, 0.2) is 66.7 Å². The van der Waals surface area contributed by atoms with Gasteiger partial charge in [0.25, 0.3) is 5.91 Å². The van der Waals surface area contributed by atoms with Gasteiger partial charge in [0.1, 0.15) is 13.1 Å². The molecule has 154 valence electrons. The van der Waals surface area contributed by atoms with Crippen LogP contribution in [0.3, 0.4) is 0 Å². The summed E-state index contributed by atoms with van der Waals surface area (Å²) in [6.45, 7) is 3.15. The monoisotopic (exact) mass is 403 g/mol. The lowest BCUT2D eigenvalue weighted by Gasteiger charge is -2.26. The van der Waals surface area contributed by atoms with Crippen molar-refractivity contribution in [2.75, 3.05) is 26.1 Å². The van der Waals surface area contributed by atoms with Crippen LogP contribution in [0.5, 0.6) is 11.5 Å². The Hall–Kier alpha value is -3.31. The van der Waals surface area contributed by atoms with Crippen molar-refractivity contribution in [1.29, 1.82) is 0 Å². The molecule has 0 radical (unpaired) electrons. The first-order valence-corrected chi connectivity index (χ1v) is 10.2. The van der Waals surface area contributed by atoms with Crippen LogP contribution in [0.2, 0.25) is 0 Å². The van der Waals surface area contributed by atoms with Crippen LogP contribution in [0.4, 0.5) is 5.69 Å². The third-order valence-electron chi connectivity index (χ3n) is 5.62. The number of fused-ring (bicyclic) bond motifs is 1. The van der Waals surface area contributed by atoms with E-state index in [0.717, 1.165) is 26.1 Å². The van der Waals surface area contributed by atoms with Gasteiger partial charge in [-0.1, -0.05) is 36.4 Å². The number of carbonyl (C=O) groups is 1. The highest BCUT2D eigenvalue weighted by Gasteiger charge is 2.19. The molecule has 5 nitrogen and oxygen atoms in total. The van der Waals surface area contributed by atoms with Crippen LogP contribution in [-0.2, 0) is 19.5 Å². The van der Waals surface area contributed by atoms with Crippen molar-refractivity contribution in [2.45, 2.75) is 19.5 Å². The summed E-state index contributed by atoms with van der Waals surface area (Å²) in [5.41, 5.74) is 5.46. The lowest BCUT2D eigenvalue weighted by Crippen LogP contribution is -3.10. The van der Waals surface area contributed by atoms with E-state index < -0.39 is 0 Å². The van der Waals surface area contributed by atoms with Gasteiger partial charge < -0.3 is 19.7 Å². The maximum absolute atomic E-state index is 12.6. The van der Waals surface area contributed by atoms with Gasteiger partial charge in [-0.05, 0) is 29.8 Å². The van der Waals surface area contributed by atoms with E-state index in [1.165, 1.54) is 16.7 Å². The van der Waals surface area contributed by atoms with Crippen molar-refractivity contribution >= 4 is 11.6 Å². The molecule has 1 heterocycles. The number of hydrogen-bond donors (Lipinski definition) is 2. The minimum atomic E-state index is -0.145. The molecule has 0 fully saturated rings. The van der Waals surface area contributed by atoms with Gasteiger partial charge in [-0.2, -0.15) is 0 Å². The fourth-order valence-electron chi connectivity index (χ4n) is 3.97. The highest BCUT2D eigenvalue weighted by molar-refractivity contribution is 6.04. The van der Waals surface area contributed by atoms with Crippen LogP contribution in [-0.4, -0.2) is 26.7 Å². The summed E-state index contributed by atoms with van der Waals surface area (Å²) in [5, 5.41) is 2.92. The maximum atomic E-state index is 12.6. The van der Waals surface area contributed by atoms with Crippen LogP contribution >= 0.6 is 0 Å². The Balaban J connectivity index is 1.38. The zero-order valence-electron chi connectivity index (χ0n) is 17.4. The Labute approximate surface area is 177 Å². The number of benzene rings is 3. The molecule has 2 N–H and O–H groups in total. The molecule has 1 unspecified atom stereocenters. The normalized spacial score (nSPS) is 15.2. The molecular formula is C25H27N2O3+. The molecule has 1 atom stereocenters. The van der Waals surface area contributed by atoms with Crippen LogP contribution in [0.25, 0.3) is 0 Å². The van der Waals surface area contributed by atoms with E-state index in [4.69, 9.17) is 9.47 Å². The van der Waals surface area contributed by atoms with Gasteiger partial charge >= 0.3 is 0 Å². The van der Waals surface area contributed by atoms with Crippen molar-refractivity contribution in [3.05, 3.63) is 89.0 Å². The van der Waals surface area contributed by atoms with E-state index in [0.29, 0.717) is 22.7 Å². The van der Waals surface area contributed by atoms with Gasteiger partial charge in [-0.15, -0.1) is 0 Å². The molecule has 3 aromatic rings. The number of hydrogen-bond acceptors (Lipinski definition) is 3. The third-order valence-corrected chi connectivity index (χ3v) is 5.62. The number of carbonyl (C=O) groups excluding carboxylic acids is 1. The van der Waals surface area contributed by atoms with Crippen LogP contribution in [0, 0.1) is 0 Å². The third kappa shape index (κ3) is 4.47. The minimum Gasteiger partial charge on any atom is -0.493 e. The first-order valence-electron chi connectivity index (χ1n) is 10.2. The summed E-state index contributed by atoms with van der Waals surface area (Å²) >= 11 is 0. The Bertz CT molecular complexity index is 1030. The van der Waals surface area contributed by atoms with Gasteiger partial charge in [0.2, 0.25) is 0 Å². The van der Waals surface area contributed by atoms with Crippen molar-refractivity contribution in [1.82, 2.24) is 0 Å². The highest BCUT2D eigenvalue weighted by Crippen LogP contribution is 2.29. The van der Waals surface area contributed by atoms with Crippen molar-refractivity contribution in [2.24, 2.45) is 0 Å². The van der Waals surface area contributed by atoms with Crippen LogP contribution in [0.1, 0.15) is 27.0 Å². The molecule has 30 heavy (non-hydrogen) atoms. The topological polar surface area (TPSA) is 52.0 Å². The average molecular weight is 404 g/mol. The largest absolute Gasteiger partial charge is 0.493 e. The van der Waals surface area contributed by atoms with Gasteiger partial charge in [-0.25, -0.2) is 0 Å². The standard InChI is InChI=1S/C25H26N2O3/c1-29-23-12-11-22(15-24(23)30-2)26-25(28)20-9-7-18(8-10-20)16-27-14-13-19-5-3-4-6-21(19)17-27/h3-12,15H,13-14,16-17H2,1-2H3,(H,26,28)/p+1. The van der Waals surface area contributed by atoms with Gasteiger partial charge in [0.05, 0.1) is 20.8 Å². The molecule has 4 rings (SSSR count). The first-order chi connectivity index (χ1) is 14.7. The molecule has 0 spiro atoms. The lowest BCUT2D eigenvalue weighted by molar-refractivity contribution is -0.929. The molecular weight excluding hydrogens is 376 g/mol. The molecule has 1 aliphatic rings. The molecule has 0 saturated carbocycles. The highest BCUT2D eigenvalue weighted by atomic mass is 16.5. The minimum absolute atomic E-state index is 0.145. The molecule has 0 saturated heterocycles. The second-order valence-electron chi connectivity index (χ2n) is 7.59. The van der Waals surface area contributed by atoms with Gasteiger partial charge in [0, 0.05) is 34.9 Å². The molecule has 1 aliphatic heterocycles. The number of rotatable bonds is 6. The quantitative estimate of drug-likeness (QED) is 0.665. The van der Waals surface area contributed by atoms with E-state index >= 15 is 0 Å². The molecule has 0 bridgehead atoms. The molecule has 0 aromatic heterocycles. The smallest absolute Gasteiger partial charge is 0.255 e. The number of methoxy groups -OCH3 is 2. The van der Waals surface area contributed by atoms with Gasteiger partial charge in [-0.3, -0.25) is 4.79 Å². The number of ether oxygens (including phenoxy) is 2. The molecule has 3 aromatic carbocycles. The average Bonchev–Trinajstić information content (AvgIpc) is 2.79. The SMILES string of the molecule is COc1ccc(NC(=O)c2ccc(C[NH+]3CCc4ccccc4C3)cc2)cc1OC. The summed E-state index contributed by atoms with van der Waals surface area (Å²) < 4.78 is 10.5. The second kappa shape index (κ2) is 9.01. The summed E-state index contributed by atoms with van der Waals surface area (Å²) in [6.07, 6.45) is 1.12. The summed E-state index contributed by atoms with van der Waals surface area (Å²) in [4.78, 5) is 14.2.